The fourth-order valence-electron chi connectivity index (χ4n) is 2.14. The number of aliphatic hydroxyl groups excluding tert-OH is 1. The van der Waals surface area contributed by atoms with Crippen LogP contribution < -0.4 is 15.4 Å². The maximum absolute atomic E-state index is 12.3. The average Bonchev–Trinajstić information content (AvgIpc) is 2.66. The van der Waals surface area contributed by atoms with Crippen LogP contribution in [0.2, 0.25) is 0 Å². The third kappa shape index (κ3) is 6.76. The first-order valence-electron chi connectivity index (χ1n) is 8.11. The van der Waals surface area contributed by atoms with Crippen LogP contribution in [-0.4, -0.2) is 36.4 Å². The first kappa shape index (κ1) is 21.0. The summed E-state index contributed by atoms with van der Waals surface area (Å²) in [6, 6.07) is 12.9. The maximum atomic E-state index is 12.3. The molecular formula is C19H17F3N2O4. The van der Waals surface area contributed by atoms with Crippen molar-refractivity contribution in [2.24, 2.45) is 0 Å². The monoisotopic (exact) mass is 394 g/mol. The number of hydrogen-bond donors (Lipinski definition) is 3. The van der Waals surface area contributed by atoms with Gasteiger partial charge >= 0.3 is 6.36 Å². The second-order valence-electron chi connectivity index (χ2n) is 5.47. The summed E-state index contributed by atoms with van der Waals surface area (Å²) >= 11 is 0. The third-order valence-electron chi connectivity index (χ3n) is 3.35. The minimum Gasteiger partial charge on any atom is -0.406 e. The zero-order valence-corrected chi connectivity index (χ0v) is 14.5. The van der Waals surface area contributed by atoms with Crippen molar-refractivity contribution in [1.82, 2.24) is 10.6 Å². The highest BCUT2D eigenvalue weighted by Gasteiger charge is 2.30. The van der Waals surface area contributed by atoms with E-state index in [4.69, 9.17) is 5.11 Å². The van der Waals surface area contributed by atoms with E-state index in [2.05, 4.69) is 15.4 Å². The van der Waals surface area contributed by atoms with Crippen molar-refractivity contribution in [3.05, 3.63) is 71.4 Å². The summed E-state index contributed by atoms with van der Waals surface area (Å²) in [5, 5.41) is 13.7. The molecule has 9 heteroatoms. The first-order chi connectivity index (χ1) is 13.3. The van der Waals surface area contributed by atoms with Crippen molar-refractivity contribution in [2.45, 2.75) is 6.36 Å². The van der Waals surface area contributed by atoms with Crippen LogP contribution in [-0.2, 0) is 4.79 Å². The largest absolute Gasteiger partial charge is 0.573 e. The summed E-state index contributed by atoms with van der Waals surface area (Å²) < 4.78 is 40.5. The quantitative estimate of drug-likeness (QED) is 0.630. The van der Waals surface area contributed by atoms with Gasteiger partial charge in [-0.05, 0) is 35.9 Å². The molecule has 0 bridgehead atoms. The highest BCUT2D eigenvalue weighted by Crippen LogP contribution is 2.23. The fraction of sp³-hybridized carbons (Fsp3) is 0.158. The third-order valence-corrected chi connectivity index (χ3v) is 3.35. The number of nitrogens with one attached hydrogen (secondary N) is 2. The molecule has 0 unspecified atom stereocenters. The van der Waals surface area contributed by atoms with Gasteiger partial charge in [-0.25, -0.2) is 0 Å². The van der Waals surface area contributed by atoms with E-state index in [1.165, 1.54) is 18.2 Å². The number of benzene rings is 2. The number of halogens is 3. The maximum Gasteiger partial charge on any atom is 0.573 e. The van der Waals surface area contributed by atoms with Crippen LogP contribution in [0.25, 0.3) is 6.08 Å². The molecule has 2 amide bonds. The topological polar surface area (TPSA) is 87.7 Å². The molecule has 28 heavy (non-hydrogen) atoms. The predicted molar refractivity (Wildman–Crippen MR) is 95.1 cm³/mol. The van der Waals surface area contributed by atoms with Crippen LogP contribution in [0.1, 0.15) is 15.9 Å². The standard InChI is InChI=1S/C19H17F3N2O4/c20-19(21,22)28-15-8-6-13(7-9-15)12-16(18(27)23-10-11-25)24-17(26)14-4-2-1-3-5-14/h1-9,12,25H,10-11H2,(H,23,27)(H,24,26)/b16-12-. The van der Waals surface area contributed by atoms with Crippen molar-refractivity contribution in [1.29, 1.82) is 0 Å². The lowest BCUT2D eigenvalue weighted by molar-refractivity contribution is -0.274. The van der Waals surface area contributed by atoms with E-state index in [1.807, 2.05) is 0 Å². The Bertz CT molecular complexity index is 835. The summed E-state index contributed by atoms with van der Waals surface area (Å²) in [6.07, 6.45) is -3.51. The van der Waals surface area contributed by atoms with Gasteiger partial charge in [-0.3, -0.25) is 9.59 Å². The Balaban J connectivity index is 2.22. The second kappa shape index (κ2) is 9.56. The smallest absolute Gasteiger partial charge is 0.406 e. The van der Waals surface area contributed by atoms with Gasteiger partial charge in [0, 0.05) is 12.1 Å². The molecule has 0 saturated carbocycles. The van der Waals surface area contributed by atoms with Crippen molar-refractivity contribution in [3.63, 3.8) is 0 Å². The van der Waals surface area contributed by atoms with Gasteiger partial charge in [-0.15, -0.1) is 13.2 Å². The number of hydrogen-bond acceptors (Lipinski definition) is 4. The van der Waals surface area contributed by atoms with Gasteiger partial charge in [-0.2, -0.15) is 0 Å². The summed E-state index contributed by atoms with van der Waals surface area (Å²) in [5.74, 6) is -1.61. The predicted octanol–water partition coefficient (Wildman–Crippen LogP) is 2.46. The van der Waals surface area contributed by atoms with Gasteiger partial charge in [0.15, 0.2) is 0 Å². The van der Waals surface area contributed by atoms with E-state index in [-0.39, 0.29) is 18.8 Å². The molecule has 2 rings (SSSR count). The SMILES string of the molecule is O=C(NCCO)/C(=C/c1ccc(OC(F)(F)F)cc1)NC(=O)c1ccccc1. The number of alkyl halides is 3. The Kier molecular flexibility index (Phi) is 7.16. The molecule has 0 fully saturated rings. The molecule has 0 aromatic heterocycles. The Morgan fingerprint density at radius 2 is 1.68 bits per heavy atom. The molecule has 148 valence electrons. The highest BCUT2D eigenvalue weighted by molar-refractivity contribution is 6.05. The van der Waals surface area contributed by atoms with Gasteiger partial charge in [-0.1, -0.05) is 30.3 Å². The Labute approximate surface area is 158 Å². The molecule has 0 heterocycles. The zero-order valence-electron chi connectivity index (χ0n) is 14.5. The van der Waals surface area contributed by atoms with Crippen molar-refractivity contribution in [3.8, 4) is 5.75 Å². The Morgan fingerprint density at radius 3 is 2.25 bits per heavy atom. The van der Waals surface area contributed by atoms with Crippen LogP contribution in [0.4, 0.5) is 13.2 Å². The summed E-state index contributed by atoms with van der Waals surface area (Å²) in [6.45, 7) is -0.329. The van der Waals surface area contributed by atoms with Crippen molar-refractivity contribution in [2.75, 3.05) is 13.2 Å². The van der Waals surface area contributed by atoms with Crippen molar-refractivity contribution >= 4 is 17.9 Å². The molecule has 0 saturated heterocycles. The number of ether oxygens (including phenoxy) is 1. The van der Waals surface area contributed by atoms with E-state index >= 15 is 0 Å². The van der Waals surface area contributed by atoms with Crippen molar-refractivity contribution < 1.29 is 32.6 Å². The Hall–Kier alpha value is -3.33. The second-order valence-corrected chi connectivity index (χ2v) is 5.47. The van der Waals surface area contributed by atoms with Gasteiger partial charge < -0.3 is 20.5 Å². The minimum atomic E-state index is -4.81. The first-order valence-corrected chi connectivity index (χ1v) is 8.11. The molecule has 0 aliphatic heterocycles. The molecule has 0 atom stereocenters. The van der Waals surface area contributed by atoms with Crippen LogP contribution in [0.15, 0.2) is 60.3 Å². The lowest BCUT2D eigenvalue weighted by Crippen LogP contribution is -2.36. The summed E-state index contributed by atoms with van der Waals surface area (Å²) in [5.41, 5.74) is 0.543. The van der Waals surface area contributed by atoms with E-state index < -0.39 is 23.9 Å². The van der Waals surface area contributed by atoms with Crippen LogP contribution in [0, 0.1) is 0 Å². The molecule has 0 radical (unpaired) electrons. The molecule has 0 spiro atoms. The minimum absolute atomic E-state index is 0.0320. The number of carbonyl (C=O) groups excluding carboxylic acids is 2. The molecule has 6 nitrogen and oxygen atoms in total. The number of rotatable bonds is 7. The van der Waals surface area contributed by atoms with Gasteiger partial charge in [0.05, 0.1) is 6.61 Å². The molecule has 3 N–H and O–H groups in total. The number of carbonyl (C=O) groups is 2. The molecule has 0 aliphatic rings. The normalized spacial score (nSPS) is 11.6. The summed E-state index contributed by atoms with van der Waals surface area (Å²) in [4.78, 5) is 24.6. The molecule has 2 aromatic rings. The highest BCUT2D eigenvalue weighted by atomic mass is 19.4. The molecule has 0 aliphatic carbocycles. The van der Waals surface area contributed by atoms with E-state index in [0.29, 0.717) is 11.1 Å². The average molecular weight is 394 g/mol. The van der Waals surface area contributed by atoms with E-state index in [1.54, 1.807) is 30.3 Å². The number of aliphatic hydroxyl groups is 1. The zero-order chi connectivity index (χ0) is 20.6. The van der Waals surface area contributed by atoms with Crippen LogP contribution in [0.5, 0.6) is 5.75 Å². The lowest BCUT2D eigenvalue weighted by Gasteiger charge is -2.11. The van der Waals surface area contributed by atoms with Gasteiger partial charge in [0.1, 0.15) is 11.4 Å². The fourth-order valence-corrected chi connectivity index (χ4v) is 2.14. The number of amides is 2. The van der Waals surface area contributed by atoms with Crippen LogP contribution in [0.3, 0.4) is 0 Å². The molecular weight excluding hydrogens is 377 g/mol. The van der Waals surface area contributed by atoms with Gasteiger partial charge in [0.25, 0.3) is 11.8 Å². The van der Waals surface area contributed by atoms with Crippen LogP contribution >= 0.6 is 0 Å². The Morgan fingerprint density at radius 1 is 1.04 bits per heavy atom. The molecule has 2 aromatic carbocycles. The van der Waals surface area contributed by atoms with Gasteiger partial charge in [0.2, 0.25) is 0 Å². The van der Waals surface area contributed by atoms with E-state index in [9.17, 15) is 22.8 Å². The lowest BCUT2D eigenvalue weighted by atomic mass is 10.1. The summed E-state index contributed by atoms with van der Waals surface area (Å²) in [7, 11) is 0. The van der Waals surface area contributed by atoms with E-state index in [0.717, 1.165) is 12.1 Å².